The van der Waals surface area contributed by atoms with Crippen LogP contribution >= 0.6 is 0 Å². The van der Waals surface area contributed by atoms with Crippen molar-refractivity contribution in [2.75, 3.05) is 20.2 Å². The molecular weight excluding hydrogens is 540 g/mol. The number of aliphatic hydroxyl groups is 4. The fourth-order valence-electron chi connectivity index (χ4n) is 6.63. The first-order chi connectivity index (χ1) is 19.0. The van der Waals surface area contributed by atoms with Gasteiger partial charge in [-0.25, -0.2) is 0 Å². The fourth-order valence-corrected chi connectivity index (χ4v) is 6.63. The molecule has 2 heterocycles. The summed E-state index contributed by atoms with van der Waals surface area (Å²) in [4.78, 5) is 13.9. The molecule has 1 saturated heterocycles. The lowest BCUT2D eigenvalue weighted by molar-refractivity contribution is -0.335. The smallest absolute Gasteiger partial charge is 0.215 e. The van der Waals surface area contributed by atoms with E-state index in [-0.39, 0.29) is 44.9 Å². The Hall–Kier alpha value is -1.31. The maximum absolute atomic E-state index is 13.9. The molecule has 2 saturated carbocycles. The minimum atomic E-state index is -1.97. The number of hydrogen-bond acceptors (Lipinski definition) is 15. The van der Waals surface area contributed by atoms with Gasteiger partial charge in [-0.2, -0.15) is 0 Å². The Balaban J connectivity index is 1.66. The summed E-state index contributed by atoms with van der Waals surface area (Å²) in [5.74, 6) is -0.141. The van der Waals surface area contributed by atoms with E-state index in [0.29, 0.717) is 12.2 Å². The number of rotatable bonds is 9. The second kappa shape index (κ2) is 11.6. The van der Waals surface area contributed by atoms with Crippen molar-refractivity contribution >= 4 is 5.78 Å². The third-order valence-electron chi connectivity index (χ3n) is 9.24. The van der Waals surface area contributed by atoms with E-state index in [2.05, 4.69) is 5.32 Å². The summed E-state index contributed by atoms with van der Waals surface area (Å²) in [6, 6.07) is -2.71. The molecule has 0 radical (unpaired) electrons. The number of ether oxygens (including phenoxy) is 4. The Kier molecular flexibility index (Phi) is 9.26. The zero-order chi connectivity index (χ0) is 30.5. The molecule has 3 fully saturated rings. The SMILES string of the molecule is CN[C@@H]1[C@@H](O)[C@@H](O[C@]2(C)[C@@H](O)[C@H](O[C@H]3OC(CN)=CC[C@H]3N)[C@@H](N)C[C@]2(N)C(=O)CC2(O)CC(N)C2)OC[C@]1(C)O. The number of nitrogens with one attached hydrogen (secondary N) is 1. The number of likely N-dealkylation sites (N-methyl/N-ethyl adjacent to an activating group) is 1. The molecule has 0 aromatic heterocycles. The largest absolute Gasteiger partial charge is 0.467 e. The summed E-state index contributed by atoms with van der Waals surface area (Å²) in [5, 5.41) is 47.4. The normalized spacial score (nSPS) is 50.4. The highest BCUT2D eigenvalue weighted by Crippen LogP contribution is 2.45. The van der Waals surface area contributed by atoms with Gasteiger partial charge in [0.2, 0.25) is 6.29 Å². The van der Waals surface area contributed by atoms with Crippen molar-refractivity contribution in [3.63, 3.8) is 0 Å². The third-order valence-corrected chi connectivity index (χ3v) is 9.24. The minimum Gasteiger partial charge on any atom is -0.467 e. The molecule has 0 amide bonds. The zero-order valence-corrected chi connectivity index (χ0v) is 23.9. The Morgan fingerprint density at radius 3 is 2.37 bits per heavy atom. The van der Waals surface area contributed by atoms with Gasteiger partial charge >= 0.3 is 0 Å². The van der Waals surface area contributed by atoms with Crippen LogP contribution in [0.3, 0.4) is 0 Å². The van der Waals surface area contributed by atoms with Gasteiger partial charge in [0.15, 0.2) is 12.1 Å². The summed E-state index contributed by atoms with van der Waals surface area (Å²) in [6.07, 6.45) is -4.66. The van der Waals surface area contributed by atoms with Gasteiger partial charge < -0.3 is 73.4 Å². The van der Waals surface area contributed by atoms with Crippen LogP contribution in [0.15, 0.2) is 11.8 Å². The van der Waals surface area contributed by atoms with E-state index in [1.54, 1.807) is 13.1 Å². The molecule has 0 bridgehead atoms. The van der Waals surface area contributed by atoms with Crippen molar-refractivity contribution < 1.29 is 44.2 Å². The summed E-state index contributed by atoms with van der Waals surface area (Å²) in [6.45, 7) is 2.80. The van der Waals surface area contributed by atoms with Crippen LogP contribution in [-0.2, 0) is 23.7 Å². The number of nitrogens with two attached hydrogens (primary N) is 5. The summed E-state index contributed by atoms with van der Waals surface area (Å²) < 4.78 is 23.8. The van der Waals surface area contributed by atoms with Crippen molar-refractivity contribution in [2.24, 2.45) is 28.7 Å². The van der Waals surface area contributed by atoms with Gasteiger partial charge in [0.1, 0.15) is 40.8 Å². The molecule has 2 aliphatic carbocycles. The molecule has 4 rings (SSSR count). The van der Waals surface area contributed by atoms with Crippen LogP contribution in [0.25, 0.3) is 0 Å². The first-order valence-electron chi connectivity index (χ1n) is 14.1. The van der Waals surface area contributed by atoms with Gasteiger partial charge in [-0.05, 0) is 52.7 Å². The molecule has 0 spiro atoms. The van der Waals surface area contributed by atoms with Crippen LogP contribution in [0.5, 0.6) is 0 Å². The van der Waals surface area contributed by atoms with Crippen molar-refractivity contribution in [3.8, 4) is 0 Å². The van der Waals surface area contributed by atoms with Gasteiger partial charge in [0.25, 0.3) is 0 Å². The van der Waals surface area contributed by atoms with Crippen molar-refractivity contribution in [2.45, 2.75) is 123 Å². The van der Waals surface area contributed by atoms with E-state index in [9.17, 15) is 25.2 Å². The van der Waals surface area contributed by atoms with Crippen LogP contribution in [-0.4, -0.2) is 124 Å². The Bertz CT molecular complexity index is 996. The van der Waals surface area contributed by atoms with Gasteiger partial charge in [-0.3, -0.25) is 4.79 Å². The molecular formula is C26H48N6O9. The first kappa shape index (κ1) is 32.6. The average molecular weight is 589 g/mol. The maximum Gasteiger partial charge on any atom is 0.215 e. The molecule has 15 N–H and O–H groups in total. The van der Waals surface area contributed by atoms with Crippen LogP contribution in [0.4, 0.5) is 0 Å². The van der Waals surface area contributed by atoms with E-state index in [1.807, 2.05) is 0 Å². The van der Waals surface area contributed by atoms with Crippen LogP contribution in [0.1, 0.15) is 46.0 Å². The molecule has 15 nitrogen and oxygen atoms in total. The zero-order valence-electron chi connectivity index (χ0n) is 23.9. The van der Waals surface area contributed by atoms with Gasteiger partial charge in [0, 0.05) is 18.5 Å². The highest BCUT2D eigenvalue weighted by Gasteiger charge is 2.66. The number of carbonyl (C=O) groups is 1. The molecule has 0 unspecified atom stereocenters. The molecule has 11 atom stereocenters. The van der Waals surface area contributed by atoms with E-state index >= 15 is 0 Å². The molecule has 41 heavy (non-hydrogen) atoms. The predicted molar refractivity (Wildman–Crippen MR) is 145 cm³/mol. The molecule has 15 heteroatoms. The maximum atomic E-state index is 13.9. The first-order valence-corrected chi connectivity index (χ1v) is 14.1. The quantitative estimate of drug-likeness (QED) is 0.122. The topological polar surface area (TPSA) is 277 Å². The Morgan fingerprint density at radius 1 is 1.12 bits per heavy atom. The van der Waals surface area contributed by atoms with Gasteiger partial charge in [0.05, 0.1) is 30.8 Å². The van der Waals surface area contributed by atoms with Gasteiger partial charge in [-0.15, -0.1) is 0 Å². The Morgan fingerprint density at radius 2 is 1.78 bits per heavy atom. The number of Topliss-reactive ketones (excluding diaryl/α,β-unsaturated/α-hetero) is 1. The molecule has 0 aromatic carbocycles. The van der Waals surface area contributed by atoms with E-state index in [0.717, 1.165) is 0 Å². The minimum absolute atomic E-state index is 0.118. The summed E-state index contributed by atoms with van der Waals surface area (Å²) in [5.41, 5.74) is 24.4. The number of ketones is 1. The van der Waals surface area contributed by atoms with E-state index in [4.69, 9.17) is 47.6 Å². The molecule has 0 aromatic rings. The molecule has 2 aliphatic heterocycles. The predicted octanol–water partition coefficient (Wildman–Crippen LogP) is -4.28. The summed E-state index contributed by atoms with van der Waals surface area (Å²) >= 11 is 0. The average Bonchev–Trinajstić information content (AvgIpc) is 2.87. The highest BCUT2D eigenvalue weighted by molar-refractivity contribution is 5.91. The molecule has 236 valence electrons. The Labute approximate surface area is 239 Å². The molecule has 4 aliphatic rings. The van der Waals surface area contributed by atoms with Crippen LogP contribution < -0.4 is 34.0 Å². The fraction of sp³-hybridized carbons (Fsp3) is 0.885. The number of carbonyl (C=O) groups excluding carboxylic acids is 1. The van der Waals surface area contributed by atoms with Crippen molar-refractivity contribution in [1.29, 1.82) is 0 Å². The number of hydrogen-bond donors (Lipinski definition) is 10. The van der Waals surface area contributed by atoms with E-state index < -0.39 is 77.1 Å². The second-order valence-corrected chi connectivity index (χ2v) is 12.7. The van der Waals surface area contributed by atoms with E-state index in [1.165, 1.54) is 13.8 Å². The van der Waals surface area contributed by atoms with Crippen molar-refractivity contribution in [1.82, 2.24) is 5.32 Å². The second-order valence-electron chi connectivity index (χ2n) is 12.7. The highest BCUT2D eigenvalue weighted by atomic mass is 16.7. The summed E-state index contributed by atoms with van der Waals surface area (Å²) in [7, 11) is 1.56. The third kappa shape index (κ3) is 5.93. The van der Waals surface area contributed by atoms with Crippen molar-refractivity contribution in [3.05, 3.63) is 11.8 Å². The lowest BCUT2D eigenvalue weighted by Gasteiger charge is -2.58. The standard InChI is InChI=1S/C26H48N6O9/c1-23(36)11-38-22(17(34)19(23)32-3)41-24(2)20(35)18(40-21-14(29)5-4-13(10-27)39-21)15(30)8-26(24,31)16(33)9-25(37)6-12(28)7-25/h4,12,14-15,17-22,32,34-37H,5-11,27-31H2,1-3H3/t12?,14-,15+,17-,18-,19-,20+,21-,22-,23+,24-,25?,26+/m1/s1. The lowest BCUT2D eigenvalue weighted by atomic mass is 9.61. The van der Waals surface area contributed by atoms with Crippen LogP contribution in [0.2, 0.25) is 0 Å². The van der Waals surface area contributed by atoms with Gasteiger partial charge in [-0.1, -0.05) is 0 Å². The monoisotopic (exact) mass is 588 g/mol. The number of aliphatic hydroxyl groups excluding tert-OH is 2. The van der Waals surface area contributed by atoms with Crippen LogP contribution in [0, 0.1) is 0 Å². The lowest BCUT2D eigenvalue weighted by Crippen LogP contribution is -2.80.